The van der Waals surface area contributed by atoms with Crippen LogP contribution in [-0.2, 0) is 0 Å². The summed E-state index contributed by atoms with van der Waals surface area (Å²) in [6.45, 7) is 0. The first-order valence-corrected chi connectivity index (χ1v) is 4.16. The molecule has 2 nitrogen and oxygen atoms in total. The molecule has 0 unspecified atom stereocenters. The fraction of sp³-hybridized carbons (Fsp3) is 0.300. The Morgan fingerprint density at radius 1 is 1.46 bits per heavy atom. The van der Waals surface area contributed by atoms with E-state index in [9.17, 15) is 4.39 Å². The minimum Gasteiger partial charge on any atom is -0.489 e. The van der Waals surface area contributed by atoms with Crippen molar-refractivity contribution in [2.24, 2.45) is 0 Å². The van der Waals surface area contributed by atoms with E-state index in [0.717, 1.165) is 12.8 Å². The van der Waals surface area contributed by atoms with E-state index in [4.69, 9.17) is 10.00 Å². The summed E-state index contributed by atoms with van der Waals surface area (Å²) in [5.74, 6) is -0.148. The van der Waals surface area contributed by atoms with Crippen LogP contribution in [0.1, 0.15) is 18.4 Å². The van der Waals surface area contributed by atoms with Gasteiger partial charge in [0.15, 0.2) is 0 Å². The van der Waals surface area contributed by atoms with Crippen LogP contribution in [0.4, 0.5) is 4.39 Å². The van der Waals surface area contributed by atoms with E-state index < -0.39 is 5.82 Å². The number of hydrogen-bond acceptors (Lipinski definition) is 2. The van der Waals surface area contributed by atoms with Crippen molar-refractivity contribution in [1.82, 2.24) is 0 Å². The van der Waals surface area contributed by atoms with Crippen molar-refractivity contribution in [3.05, 3.63) is 29.6 Å². The number of ether oxygens (including phenoxy) is 1. The average molecular weight is 177 g/mol. The van der Waals surface area contributed by atoms with E-state index in [2.05, 4.69) is 0 Å². The second kappa shape index (κ2) is 3.06. The summed E-state index contributed by atoms with van der Waals surface area (Å²) in [6, 6.07) is 6.23. The predicted molar refractivity (Wildman–Crippen MR) is 44.8 cm³/mol. The van der Waals surface area contributed by atoms with E-state index in [1.54, 1.807) is 18.2 Å². The van der Waals surface area contributed by atoms with Crippen molar-refractivity contribution < 1.29 is 9.13 Å². The lowest BCUT2D eigenvalue weighted by molar-refractivity contribution is 0.300. The van der Waals surface area contributed by atoms with Crippen LogP contribution in [0.15, 0.2) is 18.2 Å². The molecule has 3 heteroatoms. The molecule has 0 amide bonds. The second-order valence-corrected chi connectivity index (χ2v) is 3.04. The number of halogens is 1. The van der Waals surface area contributed by atoms with E-state index in [0.29, 0.717) is 5.75 Å². The largest absolute Gasteiger partial charge is 0.489 e. The smallest absolute Gasteiger partial charge is 0.144 e. The predicted octanol–water partition coefficient (Wildman–Crippen LogP) is 2.24. The first-order valence-electron chi connectivity index (χ1n) is 4.16. The van der Waals surface area contributed by atoms with Crippen LogP contribution in [0, 0.1) is 17.1 Å². The molecule has 0 aliphatic heterocycles. The Kier molecular flexibility index (Phi) is 1.90. The highest BCUT2D eigenvalue weighted by Crippen LogP contribution is 2.29. The highest BCUT2D eigenvalue weighted by atomic mass is 19.1. The summed E-state index contributed by atoms with van der Waals surface area (Å²) in [5, 5.41) is 8.66. The molecule has 0 N–H and O–H groups in total. The molecule has 13 heavy (non-hydrogen) atoms. The Bertz CT molecular complexity index is 366. The standard InChI is InChI=1S/C10H8FNO/c11-9-2-1-3-10(8(9)6-12)13-7-4-5-7/h1-3,7H,4-5H2. The SMILES string of the molecule is N#Cc1c(F)cccc1OC1CC1. The highest BCUT2D eigenvalue weighted by molar-refractivity contribution is 5.44. The van der Waals surface area contributed by atoms with Gasteiger partial charge in [0.1, 0.15) is 23.2 Å². The molecule has 0 heterocycles. The molecule has 66 valence electrons. The number of nitrogens with zero attached hydrogens (tertiary/aromatic N) is 1. The van der Waals surface area contributed by atoms with Crippen molar-refractivity contribution in [2.75, 3.05) is 0 Å². The van der Waals surface area contributed by atoms with Gasteiger partial charge in [0.05, 0.1) is 6.10 Å². The first kappa shape index (κ1) is 8.06. The Balaban J connectivity index is 2.32. The molecule has 0 bridgehead atoms. The van der Waals surface area contributed by atoms with E-state index in [1.165, 1.54) is 6.07 Å². The van der Waals surface area contributed by atoms with Crippen LogP contribution in [0.5, 0.6) is 5.75 Å². The maximum absolute atomic E-state index is 13.0. The van der Waals surface area contributed by atoms with Crippen molar-refractivity contribution in [3.8, 4) is 11.8 Å². The Labute approximate surface area is 75.6 Å². The molecular formula is C10H8FNO. The minimum absolute atomic E-state index is 0.00870. The monoisotopic (exact) mass is 177 g/mol. The second-order valence-electron chi connectivity index (χ2n) is 3.04. The third-order valence-corrected chi connectivity index (χ3v) is 1.91. The number of benzene rings is 1. The van der Waals surface area contributed by atoms with Gasteiger partial charge in [-0.05, 0) is 25.0 Å². The van der Waals surface area contributed by atoms with Gasteiger partial charge in [0.2, 0.25) is 0 Å². The zero-order valence-electron chi connectivity index (χ0n) is 6.96. The highest BCUT2D eigenvalue weighted by Gasteiger charge is 2.25. The number of nitriles is 1. The Morgan fingerprint density at radius 3 is 2.85 bits per heavy atom. The van der Waals surface area contributed by atoms with Gasteiger partial charge in [-0.15, -0.1) is 0 Å². The molecule has 0 atom stereocenters. The summed E-state index contributed by atoms with van der Waals surface area (Å²) in [4.78, 5) is 0. The maximum atomic E-state index is 13.0. The normalized spacial score (nSPS) is 15.1. The van der Waals surface area contributed by atoms with Crippen molar-refractivity contribution in [1.29, 1.82) is 5.26 Å². The lowest BCUT2D eigenvalue weighted by Gasteiger charge is -2.05. The van der Waals surface area contributed by atoms with Gasteiger partial charge in [-0.1, -0.05) is 6.07 Å². The van der Waals surface area contributed by atoms with Gasteiger partial charge in [-0.3, -0.25) is 0 Å². The molecule has 1 aliphatic carbocycles. The van der Waals surface area contributed by atoms with Crippen LogP contribution >= 0.6 is 0 Å². The number of rotatable bonds is 2. The van der Waals surface area contributed by atoms with Crippen LogP contribution < -0.4 is 4.74 Å². The van der Waals surface area contributed by atoms with E-state index in [-0.39, 0.29) is 11.7 Å². The van der Waals surface area contributed by atoms with Crippen molar-refractivity contribution in [2.45, 2.75) is 18.9 Å². The van der Waals surface area contributed by atoms with Gasteiger partial charge < -0.3 is 4.74 Å². The summed E-state index contributed by atoms with van der Waals surface area (Å²) in [6.07, 6.45) is 2.19. The molecule has 0 spiro atoms. The molecular weight excluding hydrogens is 169 g/mol. The Morgan fingerprint density at radius 2 is 2.23 bits per heavy atom. The number of hydrogen-bond donors (Lipinski definition) is 0. The fourth-order valence-corrected chi connectivity index (χ4v) is 1.08. The van der Waals surface area contributed by atoms with Gasteiger partial charge in [0.25, 0.3) is 0 Å². The zero-order valence-corrected chi connectivity index (χ0v) is 6.96. The van der Waals surface area contributed by atoms with Gasteiger partial charge >= 0.3 is 0 Å². The molecule has 0 saturated heterocycles. The van der Waals surface area contributed by atoms with E-state index >= 15 is 0 Å². The lowest BCUT2D eigenvalue weighted by Crippen LogP contribution is -1.99. The zero-order chi connectivity index (χ0) is 9.26. The third kappa shape index (κ3) is 1.62. The molecule has 1 saturated carbocycles. The molecule has 0 aromatic heterocycles. The minimum atomic E-state index is -0.513. The first-order chi connectivity index (χ1) is 6.31. The molecule has 1 fully saturated rings. The van der Waals surface area contributed by atoms with Crippen molar-refractivity contribution in [3.63, 3.8) is 0 Å². The summed E-state index contributed by atoms with van der Waals surface area (Å²) in [5.41, 5.74) is 0.00870. The van der Waals surface area contributed by atoms with Crippen LogP contribution in [0.3, 0.4) is 0 Å². The van der Waals surface area contributed by atoms with Crippen LogP contribution in [-0.4, -0.2) is 6.10 Å². The average Bonchev–Trinajstić information content (AvgIpc) is 2.89. The quantitative estimate of drug-likeness (QED) is 0.694. The summed E-state index contributed by atoms with van der Waals surface area (Å²) < 4.78 is 18.4. The Hall–Kier alpha value is -1.56. The molecule has 1 aliphatic rings. The summed E-state index contributed by atoms with van der Waals surface area (Å²) in [7, 11) is 0. The molecule has 1 aromatic carbocycles. The maximum Gasteiger partial charge on any atom is 0.144 e. The third-order valence-electron chi connectivity index (χ3n) is 1.91. The van der Waals surface area contributed by atoms with Gasteiger partial charge in [-0.2, -0.15) is 5.26 Å². The molecule has 1 aromatic rings. The van der Waals surface area contributed by atoms with Gasteiger partial charge in [0, 0.05) is 0 Å². The van der Waals surface area contributed by atoms with Gasteiger partial charge in [-0.25, -0.2) is 4.39 Å². The van der Waals surface area contributed by atoms with Crippen LogP contribution in [0.2, 0.25) is 0 Å². The van der Waals surface area contributed by atoms with Crippen LogP contribution in [0.25, 0.3) is 0 Å². The topological polar surface area (TPSA) is 33.0 Å². The lowest BCUT2D eigenvalue weighted by atomic mass is 10.2. The van der Waals surface area contributed by atoms with E-state index in [1.807, 2.05) is 0 Å². The fourth-order valence-electron chi connectivity index (χ4n) is 1.08. The van der Waals surface area contributed by atoms with Crippen molar-refractivity contribution >= 4 is 0 Å². The summed E-state index contributed by atoms with van der Waals surface area (Å²) >= 11 is 0. The molecule has 0 radical (unpaired) electrons. The molecule has 2 rings (SSSR count).